The van der Waals surface area contributed by atoms with Crippen molar-refractivity contribution in [3.63, 3.8) is 0 Å². The first kappa shape index (κ1) is 19.9. The maximum absolute atomic E-state index is 12.1. The van der Waals surface area contributed by atoms with E-state index in [9.17, 15) is 4.79 Å². The monoisotopic (exact) mass is 396 g/mol. The Morgan fingerprint density at radius 1 is 1.07 bits per heavy atom. The van der Waals surface area contributed by atoms with Crippen LogP contribution in [0.4, 0.5) is 0 Å². The van der Waals surface area contributed by atoms with Crippen molar-refractivity contribution in [2.75, 3.05) is 20.3 Å². The van der Waals surface area contributed by atoms with Crippen LogP contribution < -0.4 is 14.8 Å². The number of nitrogens with zero attached hydrogens (tertiary/aromatic N) is 1. The fourth-order valence-corrected chi connectivity index (χ4v) is 3.60. The first-order chi connectivity index (χ1) is 13.7. The van der Waals surface area contributed by atoms with Gasteiger partial charge in [-0.15, -0.1) is 11.3 Å². The highest BCUT2D eigenvalue weighted by molar-refractivity contribution is 7.13. The fraction of sp³-hybridized carbons (Fsp3) is 0.273. The lowest BCUT2D eigenvalue weighted by Crippen LogP contribution is -2.27. The molecule has 0 fully saturated rings. The zero-order valence-electron chi connectivity index (χ0n) is 16.1. The second kappa shape index (κ2) is 9.90. The number of aromatic nitrogens is 1. The van der Waals surface area contributed by atoms with E-state index in [1.165, 1.54) is 0 Å². The lowest BCUT2D eigenvalue weighted by molar-refractivity contribution is -0.120. The number of carbonyl (C=O) groups excluding carboxylic acids is 1. The van der Waals surface area contributed by atoms with E-state index in [0.29, 0.717) is 26.0 Å². The molecular formula is C22H24N2O3S. The van der Waals surface area contributed by atoms with Crippen molar-refractivity contribution in [1.82, 2.24) is 10.3 Å². The summed E-state index contributed by atoms with van der Waals surface area (Å²) in [6.45, 7) is 3.15. The molecule has 146 valence electrons. The summed E-state index contributed by atoms with van der Waals surface area (Å²) in [5.74, 6) is 1.66. The molecule has 28 heavy (non-hydrogen) atoms. The minimum absolute atomic E-state index is 0.00904. The third kappa shape index (κ3) is 5.57. The Kier molecular flexibility index (Phi) is 7.03. The molecule has 0 saturated heterocycles. The third-order valence-corrected chi connectivity index (χ3v) is 5.13. The molecule has 0 aliphatic heterocycles. The van der Waals surface area contributed by atoms with E-state index >= 15 is 0 Å². The molecule has 3 aromatic rings. The van der Waals surface area contributed by atoms with Crippen molar-refractivity contribution in [1.29, 1.82) is 0 Å². The van der Waals surface area contributed by atoms with Crippen LogP contribution in [-0.4, -0.2) is 31.2 Å². The summed E-state index contributed by atoms with van der Waals surface area (Å²) >= 11 is 1.61. The average Bonchev–Trinajstić information content (AvgIpc) is 3.19. The lowest BCUT2D eigenvalue weighted by Gasteiger charge is -2.06. The van der Waals surface area contributed by atoms with Gasteiger partial charge in [0.1, 0.15) is 16.5 Å². The molecule has 0 radical (unpaired) electrons. The molecule has 6 heteroatoms. The molecule has 0 aliphatic carbocycles. The van der Waals surface area contributed by atoms with Gasteiger partial charge in [0.15, 0.2) is 0 Å². The van der Waals surface area contributed by atoms with Gasteiger partial charge in [-0.05, 0) is 48.9 Å². The highest BCUT2D eigenvalue weighted by Gasteiger charge is 2.07. The van der Waals surface area contributed by atoms with Gasteiger partial charge in [0, 0.05) is 23.9 Å². The van der Waals surface area contributed by atoms with Crippen molar-refractivity contribution in [2.45, 2.75) is 19.8 Å². The van der Waals surface area contributed by atoms with Gasteiger partial charge in [-0.1, -0.05) is 12.1 Å². The average molecular weight is 397 g/mol. The zero-order chi connectivity index (χ0) is 19.8. The maximum atomic E-state index is 12.1. The Morgan fingerprint density at radius 2 is 1.79 bits per heavy atom. The Morgan fingerprint density at radius 3 is 2.46 bits per heavy atom. The number of methoxy groups -OCH3 is 1. The fourth-order valence-electron chi connectivity index (χ4n) is 2.74. The van der Waals surface area contributed by atoms with E-state index < -0.39 is 0 Å². The number of carbonyl (C=O) groups is 1. The summed E-state index contributed by atoms with van der Waals surface area (Å²) in [6, 6.07) is 15.5. The number of nitrogens with one attached hydrogen (secondary N) is 1. The largest absolute Gasteiger partial charge is 0.497 e. The minimum Gasteiger partial charge on any atom is -0.497 e. The van der Waals surface area contributed by atoms with Gasteiger partial charge in [0.05, 0.1) is 25.8 Å². The van der Waals surface area contributed by atoms with E-state index in [0.717, 1.165) is 33.3 Å². The van der Waals surface area contributed by atoms with Crippen LogP contribution in [-0.2, 0) is 17.6 Å². The Labute approximate surface area is 169 Å². The van der Waals surface area contributed by atoms with Gasteiger partial charge in [0.25, 0.3) is 0 Å². The lowest BCUT2D eigenvalue weighted by atomic mass is 10.1. The minimum atomic E-state index is 0.00904. The molecule has 0 bridgehead atoms. The van der Waals surface area contributed by atoms with E-state index in [4.69, 9.17) is 9.47 Å². The molecule has 5 nitrogen and oxygen atoms in total. The molecule has 1 amide bonds. The number of ether oxygens (including phenoxy) is 2. The molecule has 3 rings (SSSR count). The van der Waals surface area contributed by atoms with Crippen LogP contribution in [0.2, 0.25) is 0 Å². The van der Waals surface area contributed by atoms with Crippen LogP contribution in [0.5, 0.6) is 11.5 Å². The number of hydrogen-bond acceptors (Lipinski definition) is 5. The van der Waals surface area contributed by atoms with Crippen LogP contribution in [0.3, 0.4) is 0 Å². The first-order valence-electron chi connectivity index (χ1n) is 9.25. The standard InChI is InChI=1S/C22H24N2O3S/c1-3-27-20-8-4-16(5-9-20)14-21(25)23-13-12-18-15-28-22(24-18)17-6-10-19(26-2)11-7-17/h4-11,15H,3,12-14H2,1-2H3,(H,23,25). The predicted molar refractivity (Wildman–Crippen MR) is 112 cm³/mol. The zero-order valence-corrected chi connectivity index (χ0v) is 16.9. The van der Waals surface area contributed by atoms with Crippen LogP contribution in [0, 0.1) is 0 Å². The van der Waals surface area contributed by atoms with Crippen molar-refractivity contribution in [3.05, 3.63) is 65.2 Å². The van der Waals surface area contributed by atoms with E-state index in [-0.39, 0.29) is 5.91 Å². The molecule has 1 aromatic heterocycles. The molecule has 1 N–H and O–H groups in total. The van der Waals surface area contributed by atoms with E-state index in [1.54, 1.807) is 18.4 Å². The molecular weight excluding hydrogens is 372 g/mol. The van der Waals surface area contributed by atoms with Crippen molar-refractivity contribution in [2.24, 2.45) is 0 Å². The summed E-state index contributed by atoms with van der Waals surface area (Å²) in [6.07, 6.45) is 1.07. The topological polar surface area (TPSA) is 60.5 Å². The number of amides is 1. The van der Waals surface area contributed by atoms with Gasteiger partial charge < -0.3 is 14.8 Å². The summed E-state index contributed by atoms with van der Waals surface area (Å²) < 4.78 is 10.6. The quantitative estimate of drug-likeness (QED) is 0.591. The van der Waals surface area contributed by atoms with Gasteiger partial charge in [-0.25, -0.2) is 4.98 Å². The summed E-state index contributed by atoms with van der Waals surface area (Å²) in [4.78, 5) is 16.8. The predicted octanol–water partition coefficient (Wildman–Crippen LogP) is 4.12. The van der Waals surface area contributed by atoms with E-state index in [1.807, 2.05) is 60.8 Å². The first-order valence-corrected chi connectivity index (χ1v) is 10.1. The van der Waals surface area contributed by atoms with Crippen LogP contribution >= 0.6 is 11.3 Å². The third-order valence-electron chi connectivity index (χ3n) is 4.19. The molecule has 0 unspecified atom stereocenters. The number of hydrogen-bond donors (Lipinski definition) is 1. The van der Waals surface area contributed by atoms with Crippen LogP contribution in [0.25, 0.3) is 10.6 Å². The Bertz CT molecular complexity index is 889. The van der Waals surface area contributed by atoms with Crippen molar-refractivity contribution < 1.29 is 14.3 Å². The SMILES string of the molecule is CCOc1ccc(CC(=O)NCCc2csc(-c3ccc(OC)cc3)n2)cc1. The Hall–Kier alpha value is -2.86. The Balaban J connectivity index is 1.45. The number of rotatable bonds is 9. The van der Waals surface area contributed by atoms with Crippen molar-refractivity contribution in [3.8, 4) is 22.1 Å². The van der Waals surface area contributed by atoms with Gasteiger partial charge in [-0.3, -0.25) is 4.79 Å². The number of benzene rings is 2. The van der Waals surface area contributed by atoms with Gasteiger partial charge in [0.2, 0.25) is 5.91 Å². The highest BCUT2D eigenvalue weighted by atomic mass is 32.1. The summed E-state index contributed by atoms with van der Waals surface area (Å²) in [7, 11) is 1.65. The molecule has 0 aliphatic rings. The highest BCUT2D eigenvalue weighted by Crippen LogP contribution is 2.25. The molecule has 2 aromatic carbocycles. The maximum Gasteiger partial charge on any atom is 0.224 e. The molecule has 1 heterocycles. The summed E-state index contributed by atoms with van der Waals surface area (Å²) in [5, 5.41) is 5.97. The van der Waals surface area contributed by atoms with Gasteiger partial charge in [-0.2, -0.15) is 0 Å². The number of thiazole rings is 1. The van der Waals surface area contributed by atoms with E-state index in [2.05, 4.69) is 10.3 Å². The van der Waals surface area contributed by atoms with Crippen LogP contribution in [0.1, 0.15) is 18.2 Å². The molecule has 0 saturated carbocycles. The second-order valence-electron chi connectivity index (χ2n) is 6.23. The molecule has 0 atom stereocenters. The van der Waals surface area contributed by atoms with Crippen LogP contribution in [0.15, 0.2) is 53.9 Å². The smallest absolute Gasteiger partial charge is 0.224 e. The second-order valence-corrected chi connectivity index (χ2v) is 7.08. The normalized spacial score (nSPS) is 10.5. The molecule has 0 spiro atoms. The van der Waals surface area contributed by atoms with Crippen molar-refractivity contribution >= 4 is 17.2 Å². The summed E-state index contributed by atoms with van der Waals surface area (Å²) in [5.41, 5.74) is 3.02. The van der Waals surface area contributed by atoms with Gasteiger partial charge >= 0.3 is 0 Å².